The smallest absolute Gasteiger partial charge is 0.409 e. The van der Waals surface area contributed by atoms with Crippen LogP contribution in [-0.4, -0.2) is 43.3 Å². The largest absolute Gasteiger partial charge is 0.453 e. The molecule has 0 unspecified atom stereocenters. The van der Waals surface area contributed by atoms with Crippen LogP contribution in [-0.2, 0) is 4.74 Å². The molecule has 94 valence electrons. The van der Waals surface area contributed by atoms with Crippen LogP contribution in [0.2, 0.25) is 0 Å². The number of carbonyl (C=O) groups is 1. The van der Waals surface area contributed by atoms with Gasteiger partial charge in [-0.15, -0.1) is 0 Å². The molecule has 0 spiro atoms. The van der Waals surface area contributed by atoms with Crippen LogP contribution in [0.1, 0.15) is 39.5 Å². The van der Waals surface area contributed by atoms with Crippen LogP contribution >= 0.6 is 0 Å². The minimum atomic E-state index is -0.180. The van der Waals surface area contributed by atoms with Gasteiger partial charge in [0.2, 0.25) is 0 Å². The molecule has 1 heterocycles. The van der Waals surface area contributed by atoms with Crippen LogP contribution in [0.3, 0.4) is 0 Å². The molecule has 0 radical (unpaired) electrons. The van der Waals surface area contributed by atoms with Crippen molar-refractivity contribution in [2.24, 2.45) is 0 Å². The number of likely N-dealkylation sites (tertiary alicyclic amines) is 1. The van der Waals surface area contributed by atoms with E-state index in [0.717, 1.165) is 25.7 Å². The molecule has 1 saturated heterocycles. The van der Waals surface area contributed by atoms with E-state index in [-0.39, 0.29) is 12.1 Å². The SMILES string of the molecule is CCC[C@H]1C[C@H](NC)C[C@@H](C)N1C(=O)OC. The molecule has 4 heteroatoms. The van der Waals surface area contributed by atoms with Crippen LogP contribution in [0.25, 0.3) is 0 Å². The van der Waals surface area contributed by atoms with Crippen LogP contribution in [0, 0.1) is 0 Å². The Labute approximate surface area is 98.3 Å². The fourth-order valence-electron chi connectivity index (χ4n) is 2.68. The molecule has 1 aliphatic heterocycles. The predicted octanol–water partition coefficient (Wildman–Crippen LogP) is 1.99. The lowest BCUT2D eigenvalue weighted by Crippen LogP contribution is -2.54. The van der Waals surface area contributed by atoms with Crippen molar-refractivity contribution in [1.29, 1.82) is 0 Å². The summed E-state index contributed by atoms with van der Waals surface area (Å²) in [6.07, 6.45) is 4.01. The van der Waals surface area contributed by atoms with Gasteiger partial charge in [0.25, 0.3) is 0 Å². The first-order valence-electron chi connectivity index (χ1n) is 6.17. The summed E-state index contributed by atoms with van der Waals surface area (Å²) in [4.78, 5) is 13.7. The maximum absolute atomic E-state index is 11.7. The number of hydrogen-bond acceptors (Lipinski definition) is 3. The maximum Gasteiger partial charge on any atom is 0.409 e. The van der Waals surface area contributed by atoms with E-state index in [0.29, 0.717) is 12.1 Å². The number of methoxy groups -OCH3 is 1. The van der Waals surface area contributed by atoms with E-state index in [1.807, 2.05) is 11.9 Å². The normalized spacial score (nSPS) is 30.2. The Morgan fingerprint density at radius 3 is 2.69 bits per heavy atom. The van der Waals surface area contributed by atoms with Gasteiger partial charge in [0.1, 0.15) is 0 Å². The first-order chi connectivity index (χ1) is 7.63. The van der Waals surface area contributed by atoms with Gasteiger partial charge in [0, 0.05) is 18.1 Å². The molecule has 3 atom stereocenters. The average molecular weight is 228 g/mol. The van der Waals surface area contributed by atoms with Crippen LogP contribution in [0.5, 0.6) is 0 Å². The third kappa shape index (κ3) is 2.88. The lowest BCUT2D eigenvalue weighted by Gasteiger charge is -2.43. The Balaban J connectivity index is 2.74. The van der Waals surface area contributed by atoms with Crippen LogP contribution in [0.15, 0.2) is 0 Å². The molecule has 0 saturated carbocycles. The molecule has 4 nitrogen and oxygen atoms in total. The summed E-state index contributed by atoms with van der Waals surface area (Å²) in [5.41, 5.74) is 0. The van der Waals surface area contributed by atoms with Gasteiger partial charge >= 0.3 is 6.09 Å². The van der Waals surface area contributed by atoms with Gasteiger partial charge in [-0.05, 0) is 33.2 Å². The van der Waals surface area contributed by atoms with Gasteiger partial charge in [0.15, 0.2) is 0 Å². The topological polar surface area (TPSA) is 41.6 Å². The zero-order chi connectivity index (χ0) is 12.1. The summed E-state index contributed by atoms with van der Waals surface area (Å²) in [7, 11) is 3.45. The van der Waals surface area contributed by atoms with Gasteiger partial charge in [-0.1, -0.05) is 13.3 Å². The van der Waals surface area contributed by atoms with Crippen molar-refractivity contribution < 1.29 is 9.53 Å². The average Bonchev–Trinajstić information content (AvgIpc) is 2.28. The first kappa shape index (κ1) is 13.3. The third-order valence-electron chi connectivity index (χ3n) is 3.47. The highest BCUT2D eigenvalue weighted by atomic mass is 16.5. The quantitative estimate of drug-likeness (QED) is 0.803. The molecule has 0 bridgehead atoms. The molecular weight excluding hydrogens is 204 g/mol. The van der Waals surface area contributed by atoms with Crippen molar-refractivity contribution in [2.75, 3.05) is 14.2 Å². The molecular formula is C12H24N2O2. The summed E-state index contributed by atoms with van der Waals surface area (Å²) in [6, 6.07) is 1.10. The van der Waals surface area contributed by atoms with E-state index in [1.165, 1.54) is 7.11 Å². The van der Waals surface area contributed by atoms with E-state index in [4.69, 9.17) is 4.74 Å². The standard InChI is InChI=1S/C12H24N2O2/c1-5-6-11-8-10(13-3)7-9(2)14(11)12(15)16-4/h9-11,13H,5-8H2,1-4H3/t9-,10-,11+/m1/s1. The molecule has 1 N–H and O–H groups in total. The van der Waals surface area contributed by atoms with E-state index in [1.54, 1.807) is 0 Å². The highest BCUT2D eigenvalue weighted by molar-refractivity contribution is 5.68. The molecule has 1 rings (SSSR count). The lowest BCUT2D eigenvalue weighted by atomic mass is 9.90. The second-order valence-corrected chi connectivity index (χ2v) is 4.63. The van der Waals surface area contributed by atoms with E-state index in [9.17, 15) is 4.79 Å². The van der Waals surface area contributed by atoms with Gasteiger partial charge in [-0.2, -0.15) is 0 Å². The number of carbonyl (C=O) groups excluding carboxylic acids is 1. The Hall–Kier alpha value is -0.770. The van der Waals surface area contributed by atoms with Gasteiger partial charge in [-0.3, -0.25) is 0 Å². The predicted molar refractivity (Wildman–Crippen MR) is 64.5 cm³/mol. The summed E-state index contributed by atoms with van der Waals surface area (Å²) in [5.74, 6) is 0. The fourth-order valence-corrected chi connectivity index (χ4v) is 2.68. The number of rotatable bonds is 3. The first-order valence-corrected chi connectivity index (χ1v) is 6.17. The van der Waals surface area contributed by atoms with Crippen molar-refractivity contribution in [3.8, 4) is 0 Å². The zero-order valence-electron chi connectivity index (χ0n) is 10.8. The summed E-state index contributed by atoms with van der Waals surface area (Å²) in [6.45, 7) is 4.26. The summed E-state index contributed by atoms with van der Waals surface area (Å²) in [5, 5.41) is 3.32. The molecule has 0 aromatic heterocycles. The number of nitrogens with zero attached hydrogens (tertiary/aromatic N) is 1. The van der Waals surface area contributed by atoms with Crippen LogP contribution in [0.4, 0.5) is 4.79 Å². The summed E-state index contributed by atoms with van der Waals surface area (Å²) < 4.78 is 4.87. The van der Waals surface area contributed by atoms with Crippen molar-refractivity contribution in [3.05, 3.63) is 0 Å². The number of hydrogen-bond donors (Lipinski definition) is 1. The van der Waals surface area contributed by atoms with Gasteiger partial charge < -0.3 is 15.0 Å². The second-order valence-electron chi connectivity index (χ2n) is 4.63. The molecule has 0 aliphatic carbocycles. The maximum atomic E-state index is 11.7. The Morgan fingerprint density at radius 2 is 2.19 bits per heavy atom. The third-order valence-corrected chi connectivity index (χ3v) is 3.47. The highest BCUT2D eigenvalue weighted by Gasteiger charge is 2.35. The molecule has 1 fully saturated rings. The van der Waals surface area contributed by atoms with Crippen molar-refractivity contribution in [2.45, 2.75) is 57.7 Å². The fraction of sp³-hybridized carbons (Fsp3) is 0.917. The lowest BCUT2D eigenvalue weighted by molar-refractivity contribution is 0.0514. The zero-order valence-corrected chi connectivity index (χ0v) is 10.8. The van der Waals surface area contributed by atoms with Crippen molar-refractivity contribution >= 4 is 6.09 Å². The number of piperidine rings is 1. The Bertz CT molecular complexity index is 233. The number of amides is 1. The molecule has 0 aromatic carbocycles. The van der Waals surface area contributed by atoms with Gasteiger partial charge in [0.05, 0.1) is 7.11 Å². The van der Waals surface area contributed by atoms with Crippen LogP contribution < -0.4 is 5.32 Å². The minimum Gasteiger partial charge on any atom is -0.453 e. The Kier molecular flexibility index (Phi) is 5.06. The molecule has 0 aromatic rings. The van der Waals surface area contributed by atoms with E-state index >= 15 is 0 Å². The Morgan fingerprint density at radius 1 is 1.50 bits per heavy atom. The number of ether oxygens (including phenoxy) is 1. The molecule has 1 amide bonds. The summed E-state index contributed by atoms with van der Waals surface area (Å²) >= 11 is 0. The molecule has 1 aliphatic rings. The second kappa shape index (κ2) is 6.09. The minimum absolute atomic E-state index is 0.180. The van der Waals surface area contributed by atoms with Crippen molar-refractivity contribution in [3.63, 3.8) is 0 Å². The monoisotopic (exact) mass is 228 g/mol. The number of nitrogens with one attached hydrogen (secondary N) is 1. The van der Waals surface area contributed by atoms with Gasteiger partial charge in [-0.25, -0.2) is 4.79 Å². The molecule has 16 heavy (non-hydrogen) atoms. The van der Waals surface area contributed by atoms with E-state index < -0.39 is 0 Å². The van der Waals surface area contributed by atoms with E-state index in [2.05, 4.69) is 19.2 Å². The highest BCUT2D eigenvalue weighted by Crippen LogP contribution is 2.26. The van der Waals surface area contributed by atoms with Crippen molar-refractivity contribution in [1.82, 2.24) is 10.2 Å².